The third kappa shape index (κ3) is 5.36. The lowest BCUT2D eigenvalue weighted by Crippen LogP contribution is -2.54. The molecule has 1 aromatic heterocycles. The monoisotopic (exact) mass is 306 g/mol. The normalized spacial score (nSPS) is 20.0. The fraction of sp³-hybridized carbons (Fsp3) is 0.625. The summed E-state index contributed by atoms with van der Waals surface area (Å²) in [5.74, 6) is 0.0289. The molecule has 1 atom stereocenters. The van der Waals surface area contributed by atoms with Crippen molar-refractivity contribution in [2.75, 3.05) is 51.3 Å². The average molecular weight is 306 g/mol. The molecule has 1 aromatic rings. The van der Waals surface area contributed by atoms with E-state index < -0.39 is 0 Å². The average Bonchev–Trinajstić information content (AvgIpc) is 2.50. The van der Waals surface area contributed by atoms with Crippen molar-refractivity contribution in [1.29, 1.82) is 0 Å². The zero-order valence-electron chi connectivity index (χ0n) is 13.5. The Morgan fingerprint density at radius 2 is 2.18 bits per heavy atom. The zero-order chi connectivity index (χ0) is 15.8. The van der Waals surface area contributed by atoms with Gasteiger partial charge in [0.1, 0.15) is 0 Å². The number of carbonyl (C=O) groups excluding carboxylic acids is 1. The Bertz CT molecular complexity index is 455. The maximum Gasteiger partial charge on any atom is 0.238 e. The number of piperazine rings is 1. The van der Waals surface area contributed by atoms with E-state index in [0.717, 1.165) is 45.1 Å². The molecule has 6 heteroatoms. The van der Waals surface area contributed by atoms with Crippen molar-refractivity contribution in [3.05, 3.63) is 24.5 Å². The Balaban J connectivity index is 1.72. The molecule has 1 aliphatic rings. The van der Waals surface area contributed by atoms with Crippen LogP contribution >= 0.6 is 0 Å². The summed E-state index contributed by atoms with van der Waals surface area (Å²) in [6.07, 6.45) is 3.35. The van der Waals surface area contributed by atoms with Crippen molar-refractivity contribution in [2.24, 2.45) is 0 Å². The summed E-state index contributed by atoms with van der Waals surface area (Å²) >= 11 is 0. The van der Waals surface area contributed by atoms with E-state index in [-0.39, 0.29) is 5.91 Å². The van der Waals surface area contributed by atoms with Crippen LogP contribution in [0.15, 0.2) is 24.5 Å². The molecule has 1 amide bonds. The highest BCUT2D eigenvalue weighted by molar-refractivity contribution is 5.92. The van der Waals surface area contributed by atoms with Crippen LogP contribution in [0.3, 0.4) is 0 Å². The lowest BCUT2D eigenvalue weighted by Gasteiger charge is -2.39. The van der Waals surface area contributed by atoms with Crippen LogP contribution in [0.5, 0.6) is 0 Å². The van der Waals surface area contributed by atoms with E-state index in [1.54, 1.807) is 24.5 Å². The van der Waals surface area contributed by atoms with Crippen LogP contribution in [-0.2, 0) is 9.53 Å². The first-order chi connectivity index (χ1) is 10.7. The van der Waals surface area contributed by atoms with Crippen LogP contribution in [0, 0.1) is 0 Å². The van der Waals surface area contributed by atoms with Crippen molar-refractivity contribution < 1.29 is 9.53 Å². The summed E-state index contributed by atoms with van der Waals surface area (Å²) < 4.78 is 5.42. The van der Waals surface area contributed by atoms with Gasteiger partial charge in [0.2, 0.25) is 5.91 Å². The van der Waals surface area contributed by atoms with Gasteiger partial charge in [-0.2, -0.15) is 0 Å². The Hall–Kier alpha value is -1.50. The number of carbonyl (C=O) groups is 1. The zero-order valence-corrected chi connectivity index (χ0v) is 13.5. The largest absolute Gasteiger partial charge is 0.380 e. The molecule has 2 heterocycles. The van der Waals surface area contributed by atoms with Gasteiger partial charge in [0, 0.05) is 56.9 Å². The van der Waals surface area contributed by atoms with Gasteiger partial charge in [-0.3, -0.25) is 19.6 Å². The van der Waals surface area contributed by atoms with Crippen LogP contribution in [0.1, 0.15) is 13.8 Å². The summed E-state index contributed by atoms with van der Waals surface area (Å²) in [6, 6.07) is 4.04. The number of ether oxygens (including phenoxy) is 1. The Morgan fingerprint density at radius 1 is 1.41 bits per heavy atom. The molecule has 2 rings (SSSR count). The van der Waals surface area contributed by atoms with Gasteiger partial charge in [0.05, 0.1) is 13.2 Å². The smallest absolute Gasteiger partial charge is 0.238 e. The Labute approximate surface area is 132 Å². The molecule has 1 aliphatic heterocycles. The van der Waals surface area contributed by atoms with Gasteiger partial charge in [0.15, 0.2) is 0 Å². The maximum absolute atomic E-state index is 12.1. The summed E-state index contributed by atoms with van der Waals surface area (Å²) in [7, 11) is 0. The molecular weight excluding hydrogens is 280 g/mol. The van der Waals surface area contributed by atoms with Gasteiger partial charge in [-0.15, -0.1) is 0 Å². The minimum absolute atomic E-state index is 0.0289. The van der Waals surface area contributed by atoms with Crippen LogP contribution in [-0.4, -0.2) is 72.7 Å². The standard InChI is InChI=1S/C16H26N4O2/c1-3-22-11-10-20-9-8-19(12-14(20)2)13-16(21)18-15-4-6-17-7-5-15/h4-7,14H,3,8-13H2,1-2H3,(H,17,18,21)/t14-/m0/s1. The van der Waals surface area contributed by atoms with E-state index in [4.69, 9.17) is 4.74 Å². The summed E-state index contributed by atoms with van der Waals surface area (Å²) in [5, 5.41) is 2.90. The van der Waals surface area contributed by atoms with E-state index in [0.29, 0.717) is 12.6 Å². The number of hydrogen-bond donors (Lipinski definition) is 1. The molecular formula is C16H26N4O2. The second-order valence-electron chi connectivity index (χ2n) is 5.60. The quantitative estimate of drug-likeness (QED) is 0.764. The summed E-state index contributed by atoms with van der Waals surface area (Å²) in [4.78, 5) is 20.6. The highest BCUT2D eigenvalue weighted by atomic mass is 16.5. The second kappa shape index (κ2) is 8.82. The topological polar surface area (TPSA) is 57.7 Å². The highest BCUT2D eigenvalue weighted by Crippen LogP contribution is 2.10. The van der Waals surface area contributed by atoms with Crippen LogP contribution in [0.2, 0.25) is 0 Å². The van der Waals surface area contributed by atoms with Crippen molar-refractivity contribution in [3.8, 4) is 0 Å². The molecule has 0 aliphatic carbocycles. The third-order valence-corrected chi connectivity index (χ3v) is 3.91. The van der Waals surface area contributed by atoms with Crippen molar-refractivity contribution in [3.63, 3.8) is 0 Å². The molecule has 0 spiro atoms. The number of aromatic nitrogens is 1. The number of nitrogens with zero attached hydrogens (tertiary/aromatic N) is 3. The van der Waals surface area contributed by atoms with E-state index in [1.807, 2.05) is 6.92 Å². The Morgan fingerprint density at radius 3 is 2.86 bits per heavy atom. The molecule has 1 fully saturated rings. The minimum atomic E-state index is 0.0289. The van der Waals surface area contributed by atoms with Gasteiger partial charge in [-0.1, -0.05) is 0 Å². The van der Waals surface area contributed by atoms with Crippen molar-refractivity contribution in [1.82, 2.24) is 14.8 Å². The van der Waals surface area contributed by atoms with Crippen molar-refractivity contribution in [2.45, 2.75) is 19.9 Å². The number of anilines is 1. The highest BCUT2D eigenvalue weighted by Gasteiger charge is 2.24. The fourth-order valence-corrected chi connectivity index (χ4v) is 2.71. The first kappa shape index (κ1) is 16.9. The molecule has 1 N–H and O–H groups in total. The number of pyridine rings is 1. The number of rotatable bonds is 7. The predicted octanol–water partition coefficient (Wildman–Crippen LogP) is 1.06. The number of amides is 1. The Kier molecular flexibility index (Phi) is 6.76. The van der Waals surface area contributed by atoms with Crippen LogP contribution in [0.25, 0.3) is 0 Å². The maximum atomic E-state index is 12.1. The molecule has 1 saturated heterocycles. The summed E-state index contributed by atoms with van der Waals surface area (Å²) in [6.45, 7) is 9.99. The van der Waals surface area contributed by atoms with E-state index in [9.17, 15) is 4.79 Å². The molecule has 6 nitrogen and oxygen atoms in total. The van der Waals surface area contributed by atoms with E-state index >= 15 is 0 Å². The second-order valence-corrected chi connectivity index (χ2v) is 5.60. The molecule has 122 valence electrons. The minimum Gasteiger partial charge on any atom is -0.380 e. The van der Waals surface area contributed by atoms with Gasteiger partial charge in [-0.25, -0.2) is 0 Å². The predicted molar refractivity (Wildman–Crippen MR) is 86.8 cm³/mol. The van der Waals surface area contributed by atoms with Crippen molar-refractivity contribution >= 4 is 11.6 Å². The molecule has 22 heavy (non-hydrogen) atoms. The fourth-order valence-electron chi connectivity index (χ4n) is 2.71. The lowest BCUT2D eigenvalue weighted by molar-refractivity contribution is -0.118. The number of nitrogens with one attached hydrogen (secondary N) is 1. The van der Waals surface area contributed by atoms with E-state index in [1.165, 1.54) is 0 Å². The van der Waals surface area contributed by atoms with Gasteiger partial charge < -0.3 is 10.1 Å². The summed E-state index contributed by atoms with van der Waals surface area (Å²) in [5.41, 5.74) is 0.795. The SMILES string of the molecule is CCOCCN1CCN(CC(=O)Nc2ccncc2)C[C@@H]1C. The lowest BCUT2D eigenvalue weighted by atomic mass is 10.2. The molecule has 0 bridgehead atoms. The molecule has 0 unspecified atom stereocenters. The van der Waals surface area contributed by atoms with Crippen LogP contribution in [0.4, 0.5) is 5.69 Å². The molecule has 0 radical (unpaired) electrons. The number of hydrogen-bond acceptors (Lipinski definition) is 5. The van der Waals surface area contributed by atoms with E-state index in [2.05, 4.69) is 27.0 Å². The third-order valence-electron chi connectivity index (χ3n) is 3.91. The van der Waals surface area contributed by atoms with Gasteiger partial charge >= 0.3 is 0 Å². The first-order valence-corrected chi connectivity index (χ1v) is 7.93. The molecule has 0 aromatic carbocycles. The van der Waals surface area contributed by atoms with Gasteiger partial charge in [-0.05, 0) is 26.0 Å². The van der Waals surface area contributed by atoms with Crippen LogP contribution < -0.4 is 5.32 Å². The first-order valence-electron chi connectivity index (χ1n) is 7.93. The van der Waals surface area contributed by atoms with Gasteiger partial charge in [0.25, 0.3) is 0 Å². The molecule has 0 saturated carbocycles.